The maximum absolute atomic E-state index is 12.5. The highest BCUT2D eigenvalue weighted by Gasteiger charge is 2.35. The van der Waals surface area contributed by atoms with Gasteiger partial charge in [-0.2, -0.15) is 0 Å². The van der Waals surface area contributed by atoms with E-state index in [1.807, 2.05) is 31.2 Å². The third-order valence-corrected chi connectivity index (χ3v) is 5.66. The SMILES string of the molecule is CCOc1cc(/C=C2/NC(=O)N(CC(=O)OC)C2=O)c(Br)cc1OCc1ccc(Br)cc1. The summed E-state index contributed by atoms with van der Waals surface area (Å²) in [6.07, 6.45) is 1.50. The lowest BCUT2D eigenvalue weighted by Gasteiger charge is -2.14. The first-order valence-electron chi connectivity index (χ1n) is 9.57. The van der Waals surface area contributed by atoms with E-state index in [4.69, 9.17) is 9.47 Å². The van der Waals surface area contributed by atoms with Crippen molar-refractivity contribution < 1.29 is 28.6 Å². The van der Waals surface area contributed by atoms with Crippen molar-refractivity contribution in [2.75, 3.05) is 20.3 Å². The van der Waals surface area contributed by atoms with Gasteiger partial charge in [-0.3, -0.25) is 9.59 Å². The van der Waals surface area contributed by atoms with Gasteiger partial charge in [0.1, 0.15) is 18.8 Å². The van der Waals surface area contributed by atoms with E-state index in [0.29, 0.717) is 34.7 Å². The maximum atomic E-state index is 12.5. The number of carbonyl (C=O) groups is 3. The molecule has 1 N–H and O–H groups in total. The van der Waals surface area contributed by atoms with Crippen molar-refractivity contribution in [2.45, 2.75) is 13.5 Å². The summed E-state index contributed by atoms with van der Waals surface area (Å²) in [6.45, 7) is 2.14. The van der Waals surface area contributed by atoms with Crippen LogP contribution in [0.15, 0.2) is 51.0 Å². The van der Waals surface area contributed by atoms with E-state index in [9.17, 15) is 14.4 Å². The molecular formula is C22H20Br2N2O6. The average molecular weight is 568 g/mol. The fraction of sp³-hybridized carbons (Fsp3) is 0.227. The van der Waals surface area contributed by atoms with Gasteiger partial charge in [-0.15, -0.1) is 0 Å². The van der Waals surface area contributed by atoms with Gasteiger partial charge in [-0.25, -0.2) is 9.69 Å². The molecule has 3 rings (SSSR count). The summed E-state index contributed by atoms with van der Waals surface area (Å²) in [5, 5.41) is 2.47. The van der Waals surface area contributed by atoms with Crippen molar-refractivity contribution in [3.05, 3.63) is 62.2 Å². The second-order valence-corrected chi connectivity index (χ2v) is 8.39. The number of esters is 1. The predicted octanol–water partition coefficient (Wildman–Crippen LogP) is 4.26. The lowest BCUT2D eigenvalue weighted by atomic mass is 10.1. The quantitative estimate of drug-likeness (QED) is 0.291. The molecule has 0 saturated carbocycles. The van der Waals surface area contributed by atoms with E-state index < -0.39 is 24.5 Å². The number of hydrogen-bond donors (Lipinski definition) is 1. The Morgan fingerprint density at radius 2 is 1.78 bits per heavy atom. The first-order valence-corrected chi connectivity index (χ1v) is 11.2. The normalized spacial score (nSPS) is 14.5. The van der Waals surface area contributed by atoms with Crippen LogP contribution in [0.3, 0.4) is 0 Å². The molecule has 2 aromatic rings. The number of ether oxygens (including phenoxy) is 3. The number of imide groups is 1. The topological polar surface area (TPSA) is 94.2 Å². The van der Waals surface area contributed by atoms with Crippen molar-refractivity contribution in [3.8, 4) is 11.5 Å². The van der Waals surface area contributed by atoms with Gasteiger partial charge in [0.2, 0.25) is 0 Å². The molecule has 1 aliphatic rings. The summed E-state index contributed by atoms with van der Waals surface area (Å²) in [5.74, 6) is -0.302. The highest BCUT2D eigenvalue weighted by molar-refractivity contribution is 9.10. The molecule has 1 fully saturated rings. The smallest absolute Gasteiger partial charge is 0.329 e. The summed E-state index contributed by atoms with van der Waals surface area (Å²) in [7, 11) is 1.18. The Labute approximate surface area is 201 Å². The molecule has 0 spiro atoms. The second-order valence-electron chi connectivity index (χ2n) is 6.62. The van der Waals surface area contributed by atoms with Gasteiger partial charge < -0.3 is 19.5 Å². The van der Waals surface area contributed by atoms with Crippen LogP contribution in [-0.4, -0.2) is 43.1 Å². The fourth-order valence-electron chi connectivity index (χ4n) is 2.85. The van der Waals surface area contributed by atoms with Crippen molar-refractivity contribution >= 4 is 55.8 Å². The molecule has 0 radical (unpaired) electrons. The number of hydrogen-bond acceptors (Lipinski definition) is 6. The molecule has 0 atom stereocenters. The number of urea groups is 1. The minimum Gasteiger partial charge on any atom is -0.490 e. The highest BCUT2D eigenvalue weighted by atomic mass is 79.9. The summed E-state index contributed by atoms with van der Waals surface area (Å²) >= 11 is 6.88. The van der Waals surface area contributed by atoms with Crippen molar-refractivity contribution in [3.63, 3.8) is 0 Å². The standard InChI is InChI=1S/C22H20Br2N2O6/c1-3-31-18-9-14(8-17-21(28)26(22(29)25-17)11-20(27)30-2)16(24)10-19(18)32-12-13-4-6-15(23)7-5-13/h4-10H,3,11-12H2,1-2H3,(H,25,29)/b17-8+. The largest absolute Gasteiger partial charge is 0.490 e. The zero-order valence-corrected chi connectivity index (χ0v) is 20.5. The van der Waals surface area contributed by atoms with Crippen LogP contribution in [0.5, 0.6) is 11.5 Å². The van der Waals surface area contributed by atoms with Crippen LogP contribution in [-0.2, 0) is 20.9 Å². The molecule has 0 unspecified atom stereocenters. The number of halogens is 2. The number of benzene rings is 2. The molecule has 1 aliphatic heterocycles. The molecule has 2 aromatic carbocycles. The summed E-state index contributed by atoms with van der Waals surface area (Å²) < 4.78 is 17.8. The predicted molar refractivity (Wildman–Crippen MR) is 124 cm³/mol. The van der Waals surface area contributed by atoms with Crippen LogP contribution >= 0.6 is 31.9 Å². The molecule has 32 heavy (non-hydrogen) atoms. The number of carbonyl (C=O) groups excluding carboxylic acids is 3. The summed E-state index contributed by atoms with van der Waals surface area (Å²) in [4.78, 5) is 36.8. The summed E-state index contributed by atoms with van der Waals surface area (Å²) in [5.41, 5.74) is 1.61. The first-order chi connectivity index (χ1) is 15.3. The van der Waals surface area contributed by atoms with Crippen LogP contribution in [0.4, 0.5) is 4.79 Å². The molecule has 8 nitrogen and oxygen atoms in total. The average Bonchev–Trinajstić information content (AvgIpc) is 3.03. The van der Waals surface area contributed by atoms with Crippen LogP contribution in [0.25, 0.3) is 6.08 Å². The van der Waals surface area contributed by atoms with Gasteiger partial charge in [-0.05, 0) is 48.4 Å². The Bertz CT molecular complexity index is 1070. The van der Waals surface area contributed by atoms with Crippen molar-refractivity contribution in [1.29, 1.82) is 0 Å². The van der Waals surface area contributed by atoms with Gasteiger partial charge in [0.15, 0.2) is 11.5 Å². The van der Waals surface area contributed by atoms with Crippen LogP contribution in [0.1, 0.15) is 18.1 Å². The van der Waals surface area contributed by atoms with Gasteiger partial charge >= 0.3 is 12.0 Å². The van der Waals surface area contributed by atoms with Gasteiger partial charge in [0.25, 0.3) is 5.91 Å². The second kappa shape index (κ2) is 10.6. The Kier molecular flexibility index (Phi) is 7.92. The number of amides is 3. The van der Waals surface area contributed by atoms with Gasteiger partial charge in [-0.1, -0.05) is 44.0 Å². The first kappa shape index (κ1) is 23.8. The summed E-state index contributed by atoms with van der Waals surface area (Å²) in [6, 6.07) is 10.5. The van der Waals surface area contributed by atoms with E-state index in [-0.39, 0.29) is 5.70 Å². The van der Waals surface area contributed by atoms with Crippen molar-refractivity contribution in [1.82, 2.24) is 10.2 Å². The van der Waals surface area contributed by atoms with Crippen LogP contribution < -0.4 is 14.8 Å². The van der Waals surface area contributed by atoms with Crippen molar-refractivity contribution in [2.24, 2.45) is 0 Å². The molecular weight excluding hydrogens is 548 g/mol. The molecule has 1 saturated heterocycles. The van der Waals surface area contributed by atoms with E-state index in [1.54, 1.807) is 12.1 Å². The van der Waals surface area contributed by atoms with Crippen LogP contribution in [0, 0.1) is 0 Å². The monoisotopic (exact) mass is 566 g/mol. The van der Waals surface area contributed by atoms with E-state index >= 15 is 0 Å². The minimum absolute atomic E-state index is 0.0329. The maximum Gasteiger partial charge on any atom is 0.329 e. The third-order valence-electron chi connectivity index (χ3n) is 4.45. The Morgan fingerprint density at radius 3 is 2.44 bits per heavy atom. The molecule has 0 bridgehead atoms. The minimum atomic E-state index is -0.693. The number of nitrogens with one attached hydrogen (secondary N) is 1. The fourth-order valence-corrected chi connectivity index (χ4v) is 3.55. The Balaban J connectivity index is 1.83. The molecule has 3 amide bonds. The lowest BCUT2D eigenvalue weighted by molar-refractivity contribution is -0.143. The number of methoxy groups -OCH3 is 1. The Hall–Kier alpha value is -2.85. The van der Waals surface area contributed by atoms with Crippen LogP contribution in [0.2, 0.25) is 0 Å². The zero-order valence-electron chi connectivity index (χ0n) is 17.3. The van der Waals surface area contributed by atoms with E-state index in [2.05, 4.69) is 41.9 Å². The Morgan fingerprint density at radius 1 is 1.09 bits per heavy atom. The number of nitrogens with zero attached hydrogens (tertiary/aromatic N) is 1. The van der Waals surface area contributed by atoms with Gasteiger partial charge in [0.05, 0.1) is 13.7 Å². The third kappa shape index (κ3) is 5.68. The zero-order chi connectivity index (χ0) is 23.3. The number of rotatable bonds is 8. The van der Waals surface area contributed by atoms with E-state index in [0.717, 1.165) is 14.9 Å². The van der Waals surface area contributed by atoms with Gasteiger partial charge in [0, 0.05) is 8.95 Å². The molecule has 168 valence electrons. The lowest BCUT2D eigenvalue weighted by Crippen LogP contribution is -2.36. The molecule has 0 aliphatic carbocycles. The molecule has 10 heteroatoms. The molecule has 1 heterocycles. The molecule has 0 aromatic heterocycles. The highest BCUT2D eigenvalue weighted by Crippen LogP contribution is 2.35. The van der Waals surface area contributed by atoms with E-state index in [1.165, 1.54) is 13.2 Å².